The van der Waals surface area contributed by atoms with E-state index in [1.165, 1.54) is 0 Å². The van der Waals surface area contributed by atoms with E-state index in [4.69, 9.17) is 4.74 Å². The highest BCUT2D eigenvalue weighted by atomic mass is 127. The Hall–Kier alpha value is -0.640. The van der Waals surface area contributed by atoms with Crippen molar-refractivity contribution >= 4 is 47.8 Å². The first-order valence-corrected chi connectivity index (χ1v) is 8.65. The van der Waals surface area contributed by atoms with Gasteiger partial charge in [-0.25, -0.2) is 4.79 Å². The van der Waals surface area contributed by atoms with Gasteiger partial charge in [0.2, 0.25) is 0 Å². The van der Waals surface area contributed by atoms with Crippen molar-refractivity contribution in [1.82, 2.24) is 15.5 Å². The lowest BCUT2D eigenvalue weighted by atomic mass is 10.1. The molecule has 0 spiro atoms. The maximum absolute atomic E-state index is 11.8. The lowest BCUT2D eigenvalue weighted by Crippen LogP contribution is -2.63. The summed E-state index contributed by atoms with van der Waals surface area (Å²) in [5.41, 5.74) is -0.448. The van der Waals surface area contributed by atoms with Gasteiger partial charge in [-0.2, -0.15) is 11.8 Å². The van der Waals surface area contributed by atoms with Gasteiger partial charge in [-0.05, 0) is 20.8 Å². The van der Waals surface area contributed by atoms with Gasteiger partial charge < -0.3 is 20.3 Å². The number of hydrogen-bond donors (Lipinski definition) is 2. The van der Waals surface area contributed by atoms with Gasteiger partial charge in [0.05, 0.1) is 6.04 Å². The van der Waals surface area contributed by atoms with E-state index in [1.54, 1.807) is 11.9 Å². The quantitative estimate of drug-likeness (QED) is 0.211. The van der Waals surface area contributed by atoms with Crippen LogP contribution in [0.2, 0.25) is 0 Å². The number of hydrogen-bond acceptors (Lipinski definition) is 4. The van der Waals surface area contributed by atoms with Crippen LogP contribution in [0.5, 0.6) is 0 Å². The van der Waals surface area contributed by atoms with Gasteiger partial charge in [0.25, 0.3) is 0 Å². The molecule has 0 aliphatic carbocycles. The van der Waals surface area contributed by atoms with Crippen LogP contribution >= 0.6 is 35.7 Å². The van der Waals surface area contributed by atoms with Crippen molar-refractivity contribution in [3.63, 3.8) is 0 Å². The van der Waals surface area contributed by atoms with Crippen LogP contribution in [0.15, 0.2) is 17.6 Å². The molecule has 0 unspecified atom stereocenters. The van der Waals surface area contributed by atoms with Crippen LogP contribution in [-0.4, -0.2) is 66.8 Å². The Morgan fingerprint density at radius 1 is 1.48 bits per heavy atom. The van der Waals surface area contributed by atoms with Crippen molar-refractivity contribution in [2.24, 2.45) is 4.99 Å². The molecule has 0 saturated carbocycles. The number of thioether (sulfide) groups is 1. The molecule has 0 aromatic rings. The third-order valence-corrected chi connectivity index (χ3v) is 3.84. The molecule has 1 aliphatic rings. The molecule has 2 N–H and O–H groups in total. The van der Waals surface area contributed by atoms with Gasteiger partial charge in [0.15, 0.2) is 5.96 Å². The highest BCUT2D eigenvalue weighted by Crippen LogP contribution is 2.15. The minimum atomic E-state index is -0.448. The number of aliphatic imine (C=N–C) groups is 1. The largest absolute Gasteiger partial charge is 0.444 e. The molecule has 1 fully saturated rings. The Labute approximate surface area is 160 Å². The van der Waals surface area contributed by atoms with Gasteiger partial charge in [0.1, 0.15) is 5.60 Å². The summed E-state index contributed by atoms with van der Waals surface area (Å²) in [4.78, 5) is 17.7. The molecule has 1 amide bonds. The molecule has 1 heterocycles. The molecule has 0 aromatic carbocycles. The van der Waals surface area contributed by atoms with Gasteiger partial charge in [-0.15, -0.1) is 30.6 Å². The third-order valence-electron chi connectivity index (χ3n) is 2.87. The molecule has 0 atom stereocenters. The van der Waals surface area contributed by atoms with Crippen molar-refractivity contribution in [2.75, 3.05) is 38.2 Å². The van der Waals surface area contributed by atoms with E-state index >= 15 is 0 Å². The predicted octanol–water partition coefficient (Wildman–Crippen LogP) is 2.31. The standard InChI is InChI=1S/C15H28N4O2S.HI/c1-6-8-22-9-7-17-13(16-5)18-12-10-19(11-12)14(20)21-15(2,3)4;/h6,12H,1,7-11H2,2-5H3,(H2,16,17,18);1H. The average molecular weight is 456 g/mol. The number of halogens is 1. The lowest BCUT2D eigenvalue weighted by molar-refractivity contribution is 0.00701. The first kappa shape index (κ1) is 22.4. The summed E-state index contributed by atoms with van der Waals surface area (Å²) in [7, 11) is 1.75. The number of carbonyl (C=O) groups excluding carboxylic acids is 1. The van der Waals surface area contributed by atoms with Gasteiger partial charge in [-0.1, -0.05) is 6.08 Å². The average Bonchev–Trinajstić information content (AvgIpc) is 2.37. The Bertz CT molecular complexity index is 407. The highest BCUT2D eigenvalue weighted by molar-refractivity contribution is 14.0. The third kappa shape index (κ3) is 9.29. The molecule has 1 aliphatic heterocycles. The second-order valence-corrected chi connectivity index (χ2v) is 7.24. The number of nitrogens with zero attached hydrogens (tertiary/aromatic N) is 2. The Morgan fingerprint density at radius 2 is 2.13 bits per heavy atom. The number of rotatable bonds is 6. The minimum absolute atomic E-state index is 0. The normalized spacial score (nSPS) is 15.3. The zero-order valence-corrected chi connectivity index (χ0v) is 17.6. The Balaban J connectivity index is 0.00000484. The van der Waals surface area contributed by atoms with Crippen LogP contribution in [-0.2, 0) is 4.74 Å². The van der Waals surface area contributed by atoms with Crippen molar-refractivity contribution in [3.05, 3.63) is 12.7 Å². The molecular weight excluding hydrogens is 427 g/mol. The van der Waals surface area contributed by atoms with Crippen LogP contribution in [0.3, 0.4) is 0 Å². The van der Waals surface area contributed by atoms with Crippen LogP contribution in [0, 0.1) is 0 Å². The SMILES string of the molecule is C=CCSCCNC(=NC)NC1CN(C(=O)OC(C)(C)C)C1.I. The lowest BCUT2D eigenvalue weighted by Gasteiger charge is -2.40. The fourth-order valence-electron chi connectivity index (χ4n) is 1.84. The number of likely N-dealkylation sites (tertiary alicyclic amines) is 1. The van der Waals surface area contributed by atoms with E-state index in [1.807, 2.05) is 38.6 Å². The van der Waals surface area contributed by atoms with Crippen LogP contribution in [0.4, 0.5) is 4.79 Å². The fraction of sp³-hybridized carbons (Fsp3) is 0.733. The van der Waals surface area contributed by atoms with Crippen LogP contribution in [0.1, 0.15) is 20.8 Å². The summed E-state index contributed by atoms with van der Waals surface area (Å²) in [5, 5.41) is 6.56. The van der Waals surface area contributed by atoms with E-state index in [0.717, 1.165) is 24.0 Å². The Kier molecular flexibility index (Phi) is 10.7. The first-order chi connectivity index (χ1) is 10.4. The fourth-order valence-corrected chi connectivity index (χ4v) is 2.42. The van der Waals surface area contributed by atoms with Crippen molar-refractivity contribution < 1.29 is 9.53 Å². The van der Waals surface area contributed by atoms with Gasteiger partial charge >= 0.3 is 6.09 Å². The first-order valence-electron chi connectivity index (χ1n) is 7.49. The van der Waals surface area contributed by atoms with E-state index in [-0.39, 0.29) is 36.1 Å². The van der Waals surface area contributed by atoms with Crippen molar-refractivity contribution in [1.29, 1.82) is 0 Å². The van der Waals surface area contributed by atoms with E-state index in [0.29, 0.717) is 13.1 Å². The van der Waals surface area contributed by atoms with Crippen LogP contribution < -0.4 is 10.6 Å². The molecule has 0 bridgehead atoms. The zero-order valence-electron chi connectivity index (χ0n) is 14.4. The maximum atomic E-state index is 11.8. The molecule has 0 aromatic heterocycles. The van der Waals surface area contributed by atoms with E-state index in [9.17, 15) is 4.79 Å². The van der Waals surface area contributed by atoms with Gasteiger partial charge in [0, 0.05) is 38.2 Å². The summed E-state index contributed by atoms with van der Waals surface area (Å²) in [5.74, 6) is 2.73. The molecule has 6 nitrogen and oxygen atoms in total. The number of guanidine groups is 1. The second-order valence-electron chi connectivity index (χ2n) is 6.09. The summed E-state index contributed by atoms with van der Waals surface area (Å²) in [6.45, 7) is 11.4. The molecule has 1 saturated heterocycles. The number of nitrogens with one attached hydrogen (secondary N) is 2. The minimum Gasteiger partial charge on any atom is -0.444 e. The van der Waals surface area contributed by atoms with Crippen LogP contribution in [0.25, 0.3) is 0 Å². The second kappa shape index (κ2) is 11.0. The molecule has 1 rings (SSSR count). The zero-order chi connectivity index (χ0) is 16.6. The van der Waals surface area contributed by atoms with E-state index < -0.39 is 5.60 Å². The monoisotopic (exact) mass is 456 g/mol. The topological polar surface area (TPSA) is 66.0 Å². The number of carbonyl (C=O) groups is 1. The van der Waals surface area contributed by atoms with Crippen molar-refractivity contribution in [2.45, 2.75) is 32.4 Å². The molecule has 23 heavy (non-hydrogen) atoms. The van der Waals surface area contributed by atoms with E-state index in [2.05, 4.69) is 22.2 Å². The summed E-state index contributed by atoms with van der Waals surface area (Å²) in [6.07, 6.45) is 1.64. The highest BCUT2D eigenvalue weighted by Gasteiger charge is 2.34. The molecule has 134 valence electrons. The number of amides is 1. The molecular formula is C15H29IN4O2S. The summed E-state index contributed by atoms with van der Waals surface area (Å²) >= 11 is 1.82. The summed E-state index contributed by atoms with van der Waals surface area (Å²) < 4.78 is 5.33. The predicted molar refractivity (Wildman–Crippen MR) is 109 cm³/mol. The van der Waals surface area contributed by atoms with Gasteiger partial charge in [-0.3, -0.25) is 4.99 Å². The molecule has 8 heteroatoms. The Morgan fingerprint density at radius 3 is 2.65 bits per heavy atom. The molecule has 0 radical (unpaired) electrons. The van der Waals surface area contributed by atoms with Crippen molar-refractivity contribution in [3.8, 4) is 0 Å². The maximum Gasteiger partial charge on any atom is 0.410 e. The smallest absolute Gasteiger partial charge is 0.410 e. The summed E-state index contributed by atoms with van der Waals surface area (Å²) in [6, 6.07) is 0.222. The number of ether oxygens (including phenoxy) is 1.